The molecule has 0 spiro atoms. The Morgan fingerprint density at radius 3 is 2.96 bits per heavy atom. The maximum absolute atomic E-state index is 13.0. The number of rotatable bonds is 4. The third-order valence-corrected chi connectivity index (χ3v) is 4.89. The van der Waals surface area contributed by atoms with Gasteiger partial charge in [-0.05, 0) is 42.7 Å². The van der Waals surface area contributed by atoms with Crippen LogP contribution >= 0.6 is 0 Å². The van der Waals surface area contributed by atoms with Crippen LogP contribution in [-0.4, -0.2) is 51.4 Å². The lowest BCUT2D eigenvalue weighted by Crippen LogP contribution is -2.33. The van der Waals surface area contributed by atoms with Gasteiger partial charge < -0.3 is 9.80 Å². The molecule has 134 valence electrons. The molecule has 0 aliphatic carbocycles. The smallest absolute Gasteiger partial charge is 0.244 e. The predicted octanol–water partition coefficient (Wildman–Crippen LogP) is 2.26. The van der Waals surface area contributed by atoms with Crippen LogP contribution in [0.1, 0.15) is 24.4 Å². The van der Waals surface area contributed by atoms with Crippen molar-refractivity contribution in [3.05, 3.63) is 48.2 Å². The topological polar surface area (TPSA) is 67.2 Å². The van der Waals surface area contributed by atoms with Crippen molar-refractivity contribution in [2.75, 3.05) is 25.5 Å². The molecule has 1 aliphatic heterocycles. The van der Waals surface area contributed by atoms with Crippen LogP contribution in [-0.2, 0) is 11.3 Å². The van der Waals surface area contributed by atoms with Crippen molar-refractivity contribution >= 4 is 22.8 Å². The molecule has 1 saturated heterocycles. The molecule has 0 N–H and O–H groups in total. The van der Waals surface area contributed by atoms with Crippen molar-refractivity contribution in [3.63, 3.8) is 0 Å². The number of carbonyl (C=O) groups excluding carboxylic acids is 1. The molecule has 0 unspecified atom stereocenters. The van der Waals surface area contributed by atoms with E-state index in [9.17, 15) is 4.79 Å². The molecule has 0 saturated carbocycles. The Labute approximate surface area is 152 Å². The van der Waals surface area contributed by atoms with Crippen molar-refractivity contribution in [1.29, 1.82) is 0 Å². The summed E-state index contributed by atoms with van der Waals surface area (Å²) in [4.78, 5) is 21.3. The number of likely N-dealkylation sites (tertiary alicyclic amines) is 1. The van der Waals surface area contributed by atoms with Crippen LogP contribution < -0.4 is 4.90 Å². The zero-order chi connectivity index (χ0) is 18.1. The van der Waals surface area contributed by atoms with Crippen molar-refractivity contribution in [1.82, 2.24) is 24.9 Å². The van der Waals surface area contributed by atoms with Crippen molar-refractivity contribution in [3.8, 4) is 0 Å². The second kappa shape index (κ2) is 6.74. The van der Waals surface area contributed by atoms with E-state index in [2.05, 4.69) is 21.4 Å². The average molecular weight is 350 g/mol. The van der Waals surface area contributed by atoms with Crippen molar-refractivity contribution in [2.45, 2.75) is 25.4 Å². The Balaban J connectivity index is 1.56. The summed E-state index contributed by atoms with van der Waals surface area (Å²) < 4.78 is 1.69. The van der Waals surface area contributed by atoms with Crippen LogP contribution in [0.4, 0.5) is 5.82 Å². The monoisotopic (exact) mass is 350 g/mol. The van der Waals surface area contributed by atoms with Crippen molar-refractivity contribution < 1.29 is 4.79 Å². The largest absolute Gasteiger partial charge is 0.363 e. The molecule has 1 aromatic carbocycles. The summed E-state index contributed by atoms with van der Waals surface area (Å²) in [5.74, 6) is 0.982. The van der Waals surface area contributed by atoms with Crippen LogP contribution in [0.25, 0.3) is 11.0 Å². The Morgan fingerprint density at radius 2 is 2.12 bits per heavy atom. The first-order valence-corrected chi connectivity index (χ1v) is 8.84. The number of aromatic nitrogens is 4. The van der Waals surface area contributed by atoms with E-state index in [1.165, 1.54) is 0 Å². The third kappa shape index (κ3) is 3.00. The standard InChI is InChI=1S/C19H22N6O/c1-23(2)18-12-14(9-10-20-18)16-8-5-11-24(16)19(26)13-25-17-7-4-3-6-15(17)21-22-25/h3-4,6-7,9-10,12,16H,5,8,11,13H2,1-2H3/t16-/m1/s1. The summed E-state index contributed by atoms with van der Waals surface area (Å²) in [5, 5.41) is 8.28. The number of pyridine rings is 1. The third-order valence-electron chi connectivity index (χ3n) is 4.89. The zero-order valence-electron chi connectivity index (χ0n) is 15.0. The maximum atomic E-state index is 13.0. The van der Waals surface area contributed by atoms with E-state index in [-0.39, 0.29) is 18.5 Å². The summed E-state index contributed by atoms with van der Waals surface area (Å²) in [6, 6.07) is 11.9. The van der Waals surface area contributed by atoms with Crippen molar-refractivity contribution in [2.24, 2.45) is 0 Å². The number of anilines is 1. The molecule has 1 atom stereocenters. The number of amides is 1. The van der Waals surface area contributed by atoms with E-state index in [0.717, 1.165) is 41.8 Å². The fourth-order valence-electron chi connectivity index (χ4n) is 3.55. The number of nitrogens with zero attached hydrogens (tertiary/aromatic N) is 6. The fourth-order valence-corrected chi connectivity index (χ4v) is 3.55. The Kier molecular flexibility index (Phi) is 4.28. The molecule has 0 radical (unpaired) electrons. The highest BCUT2D eigenvalue weighted by atomic mass is 16.2. The molecule has 1 aliphatic rings. The average Bonchev–Trinajstić information content (AvgIpc) is 3.29. The van der Waals surface area contributed by atoms with E-state index in [4.69, 9.17) is 0 Å². The molecule has 7 heteroatoms. The number of hydrogen-bond acceptors (Lipinski definition) is 5. The Bertz CT molecular complexity index is 934. The first-order valence-electron chi connectivity index (χ1n) is 8.84. The SMILES string of the molecule is CN(C)c1cc([C@H]2CCCN2C(=O)Cn2nnc3ccccc32)ccn1. The molecule has 7 nitrogen and oxygen atoms in total. The number of para-hydroxylation sites is 1. The highest BCUT2D eigenvalue weighted by molar-refractivity contribution is 5.80. The van der Waals surface area contributed by atoms with E-state index >= 15 is 0 Å². The minimum atomic E-state index is 0.0753. The fraction of sp³-hybridized carbons (Fsp3) is 0.368. The van der Waals surface area contributed by atoms with Gasteiger partial charge in [0, 0.05) is 26.8 Å². The van der Waals surface area contributed by atoms with Gasteiger partial charge in [0.1, 0.15) is 17.9 Å². The van der Waals surface area contributed by atoms with E-state index in [1.54, 1.807) is 4.68 Å². The van der Waals surface area contributed by atoms with Gasteiger partial charge in [-0.1, -0.05) is 17.3 Å². The van der Waals surface area contributed by atoms with E-state index in [0.29, 0.717) is 0 Å². The number of hydrogen-bond donors (Lipinski definition) is 0. The van der Waals surface area contributed by atoms with Gasteiger partial charge in [0.25, 0.3) is 0 Å². The number of fused-ring (bicyclic) bond motifs is 1. The van der Waals surface area contributed by atoms with Crippen LogP contribution in [0.3, 0.4) is 0 Å². The van der Waals surface area contributed by atoms with Crippen LogP contribution in [0.2, 0.25) is 0 Å². The van der Waals surface area contributed by atoms with Gasteiger partial charge in [-0.25, -0.2) is 9.67 Å². The predicted molar refractivity (Wildman–Crippen MR) is 99.8 cm³/mol. The zero-order valence-corrected chi connectivity index (χ0v) is 15.0. The number of benzene rings is 1. The summed E-state index contributed by atoms with van der Waals surface area (Å²) in [6.45, 7) is 0.985. The van der Waals surface area contributed by atoms with Crippen LogP contribution in [0.5, 0.6) is 0 Å². The second-order valence-corrected chi connectivity index (χ2v) is 6.82. The van der Waals surface area contributed by atoms with E-state index in [1.807, 2.05) is 60.4 Å². The van der Waals surface area contributed by atoms with Gasteiger partial charge >= 0.3 is 0 Å². The molecule has 4 rings (SSSR count). The lowest BCUT2D eigenvalue weighted by atomic mass is 10.1. The summed E-state index contributed by atoms with van der Waals surface area (Å²) in [6.07, 6.45) is 3.80. The normalized spacial score (nSPS) is 17.0. The lowest BCUT2D eigenvalue weighted by Gasteiger charge is -2.26. The quantitative estimate of drug-likeness (QED) is 0.722. The first kappa shape index (κ1) is 16.5. The highest BCUT2D eigenvalue weighted by Crippen LogP contribution is 2.33. The molecular weight excluding hydrogens is 328 g/mol. The maximum Gasteiger partial charge on any atom is 0.244 e. The first-order chi connectivity index (χ1) is 12.6. The highest BCUT2D eigenvalue weighted by Gasteiger charge is 2.30. The molecule has 1 amide bonds. The number of carbonyl (C=O) groups is 1. The minimum Gasteiger partial charge on any atom is -0.363 e. The molecule has 3 aromatic rings. The molecular formula is C19H22N6O. The molecule has 1 fully saturated rings. The molecule has 2 aromatic heterocycles. The molecule has 3 heterocycles. The summed E-state index contributed by atoms with van der Waals surface area (Å²) in [5.41, 5.74) is 2.83. The van der Waals surface area contributed by atoms with E-state index < -0.39 is 0 Å². The second-order valence-electron chi connectivity index (χ2n) is 6.82. The van der Waals surface area contributed by atoms with Gasteiger partial charge in [0.05, 0.1) is 11.6 Å². The van der Waals surface area contributed by atoms with Crippen LogP contribution in [0.15, 0.2) is 42.6 Å². The van der Waals surface area contributed by atoms with Gasteiger partial charge in [0.15, 0.2) is 0 Å². The van der Waals surface area contributed by atoms with Gasteiger partial charge in [-0.15, -0.1) is 5.10 Å². The van der Waals surface area contributed by atoms with Gasteiger partial charge in [-0.2, -0.15) is 0 Å². The summed E-state index contributed by atoms with van der Waals surface area (Å²) >= 11 is 0. The van der Waals surface area contributed by atoms with Crippen LogP contribution in [0, 0.1) is 0 Å². The Hall–Kier alpha value is -2.96. The molecule has 26 heavy (non-hydrogen) atoms. The summed E-state index contributed by atoms with van der Waals surface area (Å²) in [7, 11) is 3.94. The van der Waals surface area contributed by atoms with Gasteiger partial charge in [0.2, 0.25) is 5.91 Å². The lowest BCUT2D eigenvalue weighted by molar-refractivity contribution is -0.132. The Morgan fingerprint density at radius 1 is 1.27 bits per heavy atom. The molecule has 0 bridgehead atoms. The minimum absolute atomic E-state index is 0.0753. The van der Waals surface area contributed by atoms with Gasteiger partial charge in [-0.3, -0.25) is 4.79 Å².